The first kappa shape index (κ1) is 16.2. The highest BCUT2D eigenvalue weighted by Crippen LogP contribution is 2.16. The van der Waals surface area contributed by atoms with E-state index in [1.807, 2.05) is 72.4 Å². The zero-order chi connectivity index (χ0) is 14.7. The summed E-state index contributed by atoms with van der Waals surface area (Å²) in [4.78, 5) is 0. The molecule has 0 N–H and O–H groups in total. The van der Waals surface area contributed by atoms with Crippen LogP contribution in [0.25, 0.3) is 10.8 Å². The van der Waals surface area contributed by atoms with Gasteiger partial charge in [0, 0.05) is 17.7 Å². The lowest BCUT2D eigenvalue weighted by Crippen LogP contribution is -2.37. The van der Waals surface area contributed by atoms with Gasteiger partial charge in [0.2, 0.25) is 0 Å². The van der Waals surface area contributed by atoms with E-state index in [0.29, 0.717) is 12.3 Å². The van der Waals surface area contributed by atoms with Crippen molar-refractivity contribution in [3.63, 3.8) is 0 Å². The second kappa shape index (κ2) is 7.18. The van der Waals surface area contributed by atoms with Crippen molar-refractivity contribution in [2.75, 3.05) is 0 Å². The van der Waals surface area contributed by atoms with Crippen molar-refractivity contribution < 1.29 is 4.57 Å². The highest BCUT2D eigenvalue weighted by Gasteiger charge is 2.09. The third-order valence-corrected chi connectivity index (χ3v) is 3.58. The van der Waals surface area contributed by atoms with Crippen LogP contribution in [0.15, 0.2) is 72.1 Å². The van der Waals surface area contributed by atoms with Crippen LogP contribution in [0.3, 0.4) is 0 Å². The number of aryl methyl sites for hydroxylation is 1. The molecular formula is C18H17BrN2O. The van der Waals surface area contributed by atoms with Gasteiger partial charge in [0.15, 0.2) is 18.9 Å². The summed E-state index contributed by atoms with van der Waals surface area (Å²) < 4.78 is 1.96. The van der Waals surface area contributed by atoms with Crippen LogP contribution in [0.5, 0.6) is 0 Å². The van der Waals surface area contributed by atoms with Crippen LogP contribution >= 0.6 is 17.0 Å². The van der Waals surface area contributed by atoms with Gasteiger partial charge in [-0.1, -0.05) is 36.4 Å². The van der Waals surface area contributed by atoms with Crippen LogP contribution < -0.4 is 4.57 Å². The molecule has 3 rings (SSSR count). The summed E-state index contributed by atoms with van der Waals surface area (Å²) in [7, 11) is 0. The molecule has 0 amide bonds. The summed E-state index contributed by atoms with van der Waals surface area (Å²) in [5, 5.41) is 16.7. The molecule has 0 aliphatic heterocycles. The first-order valence-corrected chi connectivity index (χ1v) is 6.90. The van der Waals surface area contributed by atoms with Gasteiger partial charge in [-0.2, -0.15) is 4.57 Å². The SMILES string of the molecule is Br.Cc1cc[n+](C/C(=N/[O-])c2ccc3ccccc3c2)cc1. The molecular weight excluding hydrogens is 340 g/mol. The maximum absolute atomic E-state index is 11.2. The first-order valence-electron chi connectivity index (χ1n) is 6.90. The molecule has 0 aliphatic rings. The number of benzene rings is 2. The Bertz CT molecular complexity index is 798. The summed E-state index contributed by atoms with van der Waals surface area (Å²) in [6.45, 7) is 2.51. The first-order chi connectivity index (χ1) is 10.3. The van der Waals surface area contributed by atoms with Gasteiger partial charge in [-0.15, -0.1) is 17.0 Å². The smallest absolute Gasteiger partial charge is 0.190 e. The molecule has 1 heterocycles. The van der Waals surface area contributed by atoms with Gasteiger partial charge in [-0.05, 0) is 29.3 Å². The van der Waals surface area contributed by atoms with Gasteiger partial charge in [0.05, 0.1) is 0 Å². The minimum atomic E-state index is 0. The molecule has 3 nitrogen and oxygen atoms in total. The standard InChI is InChI=1S/C18H16N2O.BrH/c1-14-8-10-20(11-9-14)13-18(19-21)17-7-6-15-4-2-3-5-16(15)12-17;/h2-12H,13H2,1H3;1H/b19-18-;. The van der Waals surface area contributed by atoms with E-state index in [2.05, 4.69) is 11.2 Å². The Balaban J connectivity index is 0.00000176. The molecule has 1 aromatic heterocycles. The van der Waals surface area contributed by atoms with E-state index < -0.39 is 0 Å². The number of pyridine rings is 1. The monoisotopic (exact) mass is 356 g/mol. The fraction of sp³-hybridized carbons (Fsp3) is 0.111. The molecule has 0 unspecified atom stereocenters. The number of nitrogens with zero attached hydrogens (tertiary/aromatic N) is 2. The summed E-state index contributed by atoms with van der Waals surface area (Å²) in [6.07, 6.45) is 3.92. The van der Waals surface area contributed by atoms with E-state index in [9.17, 15) is 5.21 Å². The third kappa shape index (κ3) is 3.52. The molecule has 2 aromatic carbocycles. The predicted octanol–water partition coefficient (Wildman–Crippen LogP) is 4.00. The van der Waals surface area contributed by atoms with Gasteiger partial charge in [0.25, 0.3) is 0 Å². The highest BCUT2D eigenvalue weighted by atomic mass is 79.9. The van der Waals surface area contributed by atoms with E-state index in [1.54, 1.807) is 0 Å². The number of fused-ring (bicyclic) bond motifs is 1. The van der Waals surface area contributed by atoms with Crippen molar-refractivity contribution >= 4 is 33.5 Å². The Hall–Kier alpha value is -2.20. The van der Waals surface area contributed by atoms with Gasteiger partial charge in [-0.25, -0.2) is 0 Å². The summed E-state index contributed by atoms with van der Waals surface area (Å²) in [5.74, 6) is 0. The molecule has 4 heteroatoms. The Morgan fingerprint density at radius 3 is 2.36 bits per heavy atom. The van der Waals surface area contributed by atoms with Crippen molar-refractivity contribution in [3.05, 3.63) is 83.3 Å². The number of rotatable bonds is 3. The predicted molar refractivity (Wildman–Crippen MR) is 95.5 cm³/mol. The minimum Gasteiger partial charge on any atom is -0.792 e. The van der Waals surface area contributed by atoms with Crippen LogP contribution in [-0.2, 0) is 6.54 Å². The molecule has 0 fully saturated rings. The van der Waals surface area contributed by atoms with E-state index in [0.717, 1.165) is 16.3 Å². The summed E-state index contributed by atoms with van der Waals surface area (Å²) in [5.41, 5.74) is 2.60. The number of hydrogen-bond acceptors (Lipinski definition) is 2. The highest BCUT2D eigenvalue weighted by molar-refractivity contribution is 8.93. The lowest BCUT2D eigenvalue weighted by molar-refractivity contribution is -0.681. The molecule has 0 atom stereocenters. The fourth-order valence-electron chi connectivity index (χ4n) is 2.35. The van der Waals surface area contributed by atoms with Crippen molar-refractivity contribution in [1.82, 2.24) is 0 Å². The maximum Gasteiger partial charge on any atom is 0.190 e. The van der Waals surface area contributed by atoms with Crippen molar-refractivity contribution in [1.29, 1.82) is 0 Å². The van der Waals surface area contributed by atoms with Gasteiger partial charge >= 0.3 is 0 Å². The van der Waals surface area contributed by atoms with Crippen molar-refractivity contribution in [2.24, 2.45) is 5.16 Å². The number of aromatic nitrogens is 1. The Kier molecular flexibility index (Phi) is 5.28. The molecule has 3 aromatic rings. The lowest BCUT2D eigenvalue weighted by Gasteiger charge is -2.08. The molecule has 0 spiro atoms. The fourth-order valence-corrected chi connectivity index (χ4v) is 2.35. The number of hydrogen-bond donors (Lipinski definition) is 0. The molecule has 22 heavy (non-hydrogen) atoms. The van der Waals surface area contributed by atoms with Crippen LogP contribution in [0.1, 0.15) is 11.1 Å². The van der Waals surface area contributed by atoms with Crippen molar-refractivity contribution in [3.8, 4) is 0 Å². The lowest BCUT2D eigenvalue weighted by atomic mass is 10.0. The van der Waals surface area contributed by atoms with Gasteiger partial charge < -0.3 is 10.4 Å². The zero-order valence-corrected chi connectivity index (χ0v) is 14.0. The second-order valence-electron chi connectivity index (χ2n) is 5.15. The maximum atomic E-state index is 11.2. The van der Waals surface area contributed by atoms with E-state index in [4.69, 9.17) is 0 Å². The largest absolute Gasteiger partial charge is 0.792 e. The van der Waals surface area contributed by atoms with Crippen molar-refractivity contribution in [2.45, 2.75) is 13.5 Å². The van der Waals surface area contributed by atoms with Crippen LogP contribution in [0.4, 0.5) is 0 Å². The molecule has 0 bridgehead atoms. The Morgan fingerprint density at radius 2 is 1.68 bits per heavy atom. The summed E-state index contributed by atoms with van der Waals surface area (Å²) >= 11 is 0. The quantitative estimate of drug-likeness (QED) is 0.397. The molecule has 112 valence electrons. The van der Waals surface area contributed by atoms with Crippen LogP contribution in [0, 0.1) is 12.1 Å². The Labute approximate surface area is 140 Å². The zero-order valence-electron chi connectivity index (χ0n) is 12.3. The normalized spacial score (nSPS) is 11.2. The molecule has 0 aliphatic carbocycles. The minimum absolute atomic E-state index is 0. The van der Waals surface area contributed by atoms with Crippen LogP contribution in [0.2, 0.25) is 0 Å². The second-order valence-corrected chi connectivity index (χ2v) is 5.15. The average molecular weight is 357 g/mol. The number of halogens is 1. The molecule has 0 saturated heterocycles. The summed E-state index contributed by atoms with van der Waals surface area (Å²) in [6, 6.07) is 18.1. The average Bonchev–Trinajstić information content (AvgIpc) is 2.54. The van der Waals surface area contributed by atoms with Gasteiger partial charge in [0.1, 0.15) is 5.71 Å². The third-order valence-electron chi connectivity index (χ3n) is 3.58. The van der Waals surface area contributed by atoms with E-state index in [-0.39, 0.29) is 17.0 Å². The molecule has 0 saturated carbocycles. The Morgan fingerprint density at radius 1 is 1.00 bits per heavy atom. The van der Waals surface area contributed by atoms with Crippen LogP contribution in [-0.4, -0.2) is 5.71 Å². The van der Waals surface area contributed by atoms with E-state index in [1.165, 1.54) is 5.56 Å². The molecule has 0 radical (unpaired) electrons. The van der Waals surface area contributed by atoms with Gasteiger partial charge in [-0.3, -0.25) is 0 Å². The topological polar surface area (TPSA) is 39.3 Å². The van der Waals surface area contributed by atoms with E-state index >= 15 is 0 Å².